The average Bonchev–Trinajstić information content (AvgIpc) is 3.11. The third-order valence-electron chi connectivity index (χ3n) is 3.48. The Morgan fingerprint density at radius 1 is 1.40 bits per heavy atom. The smallest absolute Gasteiger partial charge is 0.288 e. The number of thioether (sulfide) groups is 2. The molecule has 132 valence electrons. The van der Waals surface area contributed by atoms with Crippen LogP contribution in [-0.2, 0) is 9.59 Å². The first-order valence-electron chi connectivity index (χ1n) is 7.62. The zero-order valence-electron chi connectivity index (χ0n) is 13.5. The predicted molar refractivity (Wildman–Crippen MR) is 100 cm³/mol. The van der Waals surface area contributed by atoms with Crippen molar-refractivity contribution in [3.8, 4) is 0 Å². The predicted octanol–water partition coefficient (Wildman–Crippen LogP) is 2.29. The third kappa shape index (κ3) is 4.50. The Morgan fingerprint density at radius 2 is 2.24 bits per heavy atom. The highest BCUT2D eigenvalue weighted by Gasteiger charge is 2.29. The summed E-state index contributed by atoms with van der Waals surface area (Å²) in [6.07, 6.45) is 1.89. The number of rotatable bonds is 7. The van der Waals surface area contributed by atoms with Crippen LogP contribution in [0.15, 0.2) is 17.4 Å². The molecule has 0 radical (unpaired) electrons. The summed E-state index contributed by atoms with van der Waals surface area (Å²) in [5.74, 6) is 0.494. The lowest BCUT2D eigenvalue weighted by molar-refractivity contribution is -0.125. The summed E-state index contributed by atoms with van der Waals surface area (Å²) in [5.41, 5.74) is 0. The number of hydrogen-bond acceptors (Lipinski definition) is 8. The van der Waals surface area contributed by atoms with Crippen molar-refractivity contribution in [3.63, 3.8) is 0 Å². The Morgan fingerprint density at radius 3 is 3.00 bits per heavy atom. The fraction of sp³-hybridized carbons (Fsp3) is 0.400. The number of carbonyl (C=O) groups excluding carboxylic acids is 3. The number of amides is 3. The fourth-order valence-electron chi connectivity index (χ4n) is 2.30. The summed E-state index contributed by atoms with van der Waals surface area (Å²) in [6.45, 7) is 2.54. The Labute approximate surface area is 157 Å². The first-order chi connectivity index (χ1) is 12.0. The zero-order chi connectivity index (χ0) is 17.8. The van der Waals surface area contributed by atoms with E-state index >= 15 is 0 Å². The molecule has 0 aromatic carbocycles. The van der Waals surface area contributed by atoms with Crippen LogP contribution in [0, 0.1) is 6.92 Å². The molecule has 3 rings (SSSR count). The molecule has 0 aliphatic carbocycles. The molecule has 1 saturated heterocycles. The van der Waals surface area contributed by atoms with E-state index in [0.717, 1.165) is 27.0 Å². The molecule has 1 N–H and O–H groups in total. The highest BCUT2D eigenvalue weighted by Crippen LogP contribution is 2.30. The van der Waals surface area contributed by atoms with Crippen molar-refractivity contribution in [1.82, 2.24) is 20.2 Å². The molecule has 1 aliphatic rings. The average molecular weight is 397 g/mol. The van der Waals surface area contributed by atoms with Crippen molar-refractivity contribution in [3.05, 3.63) is 17.3 Å². The maximum Gasteiger partial charge on any atom is 0.288 e. The van der Waals surface area contributed by atoms with Gasteiger partial charge in [0.2, 0.25) is 11.8 Å². The minimum atomic E-state index is -0.242. The van der Waals surface area contributed by atoms with Crippen molar-refractivity contribution in [2.75, 3.05) is 24.6 Å². The van der Waals surface area contributed by atoms with Crippen LogP contribution in [0.4, 0.5) is 4.79 Å². The largest absolute Gasteiger partial charge is 0.354 e. The van der Waals surface area contributed by atoms with E-state index in [-0.39, 0.29) is 35.9 Å². The van der Waals surface area contributed by atoms with Gasteiger partial charge in [-0.2, -0.15) is 0 Å². The topological polar surface area (TPSA) is 92.3 Å². The Hall–Kier alpha value is -1.65. The molecule has 7 nitrogen and oxygen atoms in total. The van der Waals surface area contributed by atoms with E-state index in [2.05, 4.69) is 21.4 Å². The van der Waals surface area contributed by atoms with Crippen LogP contribution in [0.25, 0.3) is 10.2 Å². The van der Waals surface area contributed by atoms with Gasteiger partial charge in [0.15, 0.2) is 0 Å². The van der Waals surface area contributed by atoms with E-state index in [4.69, 9.17) is 0 Å². The molecule has 2 aromatic heterocycles. The van der Waals surface area contributed by atoms with E-state index in [1.807, 2.05) is 6.92 Å². The number of nitrogens with zero attached hydrogens (tertiary/aromatic N) is 3. The number of aryl methyl sites for hydroxylation is 1. The van der Waals surface area contributed by atoms with Crippen molar-refractivity contribution in [2.45, 2.75) is 18.4 Å². The van der Waals surface area contributed by atoms with Crippen molar-refractivity contribution >= 4 is 62.1 Å². The van der Waals surface area contributed by atoms with Gasteiger partial charge < -0.3 is 5.32 Å². The van der Waals surface area contributed by atoms with Gasteiger partial charge >= 0.3 is 0 Å². The van der Waals surface area contributed by atoms with Crippen LogP contribution in [0.3, 0.4) is 0 Å². The minimum absolute atomic E-state index is 0.106. The second-order valence-corrected chi connectivity index (χ2v) is 8.55. The number of nitrogens with one attached hydrogen (secondary N) is 1. The van der Waals surface area contributed by atoms with Crippen molar-refractivity contribution < 1.29 is 14.4 Å². The molecule has 10 heteroatoms. The minimum Gasteiger partial charge on any atom is -0.354 e. The Kier molecular flexibility index (Phi) is 5.92. The van der Waals surface area contributed by atoms with Crippen LogP contribution in [0.1, 0.15) is 11.3 Å². The van der Waals surface area contributed by atoms with Crippen molar-refractivity contribution in [2.24, 2.45) is 0 Å². The highest BCUT2D eigenvalue weighted by atomic mass is 32.2. The number of carbonyl (C=O) groups is 3. The molecular weight excluding hydrogens is 380 g/mol. The van der Waals surface area contributed by atoms with Gasteiger partial charge in [-0.25, -0.2) is 9.97 Å². The first-order valence-corrected chi connectivity index (χ1v) is 10.4. The molecule has 3 amide bonds. The quantitative estimate of drug-likeness (QED) is 0.567. The molecule has 0 atom stereocenters. The number of hydrogen-bond donors (Lipinski definition) is 1. The van der Waals surface area contributed by atoms with E-state index < -0.39 is 0 Å². The Balaban J connectivity index is 1.42. The second-order valence-electron chi connectivity index (χ2n) is 5.30. The number of aromatic nitrogens is 2. The molecule has 0 saturated carbocycles. The van der Waals surface area contributed by atoms with Crippen LogP contribution in [0.5, 0.6) is 0 Å². The SMILES string of the molecule is Cc1cc2c(SCCC(=O)NCCN3C(=O)CSC3=O)ncnc2s1. The van der Waals surface area contributed by atoms with Gasteiger partial charge in [0.1, 0.15) is 16.2 Å². The summed E-state index contributed by atoms with van der Waals surface area (Å²) in [6, 6.07) is 2.06. The lowest BCUT2D eigenvalue weighted by Gasteiger charge is -2.13. The lowest BCUT2D eigenvalue weighted by Crippen LogP contribution is -2.37. The molecule has 2 aromatic rings. The van der Waals surface area contributed by atoms with E-state index in [0.29, 0.717) is 12.2 Å². The molecule has 1 aliphatic heterocycles. The van der Waals surface area contributed by atoms with Gasteiger partial charge in [-0.05, 0) is 13.0 Å². The number of imide groups is 1. The first kappa shape index (κ1) is 18.2. The van der Waals surface area contributed by atoms with Gasteiger partial charge in [0.25, 0.3) is 5.24 Å². The maximum atomic E-state index is 11.9. The molecule has 0 unspecified atom stereocenters. The summed E-state index contributed by atoms with van der Waals surface area (Å²) in [7, 11) is 0. The number of thiophene rings is 1. The summed E-state index contributed by atoms with van der Waals surface area (Å²) in [5, 5.41) is 4.41. The molecule has 0 spiro atoms. The summed E-state index contributed by atoms with van der Waals surface area (Å²) < 4.78 is 0. The lowest BCUT2D eigenvalue weighted by atomic mass is 10.4. The van der Waals surface area contributed by atoms with Gasteiger partial charge in [-0.15, -0.1) is 23.1 Å². The Bertz CT molecular complexity index is 807. The van der Waals surface area contributed by atoms with Crippen LogP contribution in [0.2, 0.25) is 0 Å². The van der Waals surface area contributed by atoms with Gasteiger partial charge in [-0.3, -0.25) is 19.3 Å². The van der Waals surface area contributed by atoms with Gasteiger partial charge in [-0.1, -0.05) is 11.8 Å². The normalized spacial score (nSPS) is 14.5. The maximum absolute atomic E-state index is 11.9. The van der Waals surface area contributed by atoms with Crippen LogP contribution >= 0.6 is 34.9 Å². The van der Waals surface area contributed by atoms with Crippen LogP contribution < -0.4 is 5.32 Å². The zero-order valence-corrected chi connectivity index (χ0v) is 15.9. The molecule has 0 bridgehead atoms. The summed E-state index contributed by atoms with van der Waals surface area (Å²) >= 11 is 4.14. The molecule has 1 fully saturated rings. The van der Waals surface area contributed by atoms with E-state index in [1.165, 1.54) is 21.5 Å². The van der Waals surface area contributed by atoms with Crippen LogP contribution in [-0.4, -0.2) is 56.5 Å². The fourth-order valence-corrected chi connectivity index (χ4v) is 4.88. The van der Waals surface area contributed by atoms with E-state index in [9.17, 15) is 14.4 Å². The molecule has 25 heavy (non-hydrogen) atoms. The summed E-state index contributed by atoms with van der Waals surface area (Å²) in [4.78, 5) is 46.6. The van der Waals surface area contributed by atoms with Crippen molar-refractivity contribution in [1.29, 1.82) is 0 Å². The second kappa shape index (κ2) is 8.15. The monoisotopic (exact) mass is 396 g/mol. The highest BCUT2D eigenvalue weighted by molar-refractivity contribution is 8.14. The van der Waals surface area contributed by atoms with E-state index in [1.54, 1.807) is 17.7 Å². The molecular formula is C15H16N4O3S3. The van der Waals surface area contributed by atoms with Gasteiger partial charge in [0, 0.05) is 35.5 Å². The van der Waals surface area contributed by atoms with Gasteiger partial charge in [0.05, 0.1) is 5.75 Å². The third-order valence-corrected chi connectivity index (χ3v) is 6.31. The molecule has 3 heterocycles. The number of fused-ring (bicyclic) bond motifs is 1. The standard InChI is InChI=1S/C15H16N4O3S3/c1-9-6-10-13(17-8-18-14(10)25-9)23-5-2-11(20)16-3-4-19-12(21)7-24-15(19)22/h6,8H,2-5,7H2,1H3,(H,16,20).